The van der Waals surface area contributed by atoms with E-state index in [1.54, 1.807) is 37.4 Å². The number of nitrogens with zero attached hydrogens (tertiary/aromatic N) is 2. The molecule has 0 N–H and O–H groups in total. The first-order chi connectivity index (χ1) is 11.2. The van der Waals surface area contributed by atoms with Crippen LogP contribution in [-0.4, -0.2) is 15.7 Å². The highest BCUT2D eigenvalue weighted by Crippen LogP contribution is 2.33. The van der Waals surface area contributed by atoms with E-state index in [4.69, 9.17) is 0 Å². The van der Waals surface area contributed by atoms with E-state index < -0.39 is 12.7 Å². The van der Waals surface area contributed by atoms with Gasteiger partial charge in [-0.15, -0.1) is 11.3 Å². The molecular formula is C17H14F4N2S. The summed E-state index contributed by atoms with van der Waals surface area (Å²) >= 11 is 1.38. The normalized spacial score (nSPS) is 11.9. The van der Waals surface area contributed by atoms with Gasteiger partial charge in [-0.2, -0.15) is 13.2 Å². The van der Waals surface area contributed by atoms with E-state index >= 15 is 0 Å². The smallest absolute Gasteiger partial charge is 0.339 e. The summed E-state index contributed by atoms with van der Waals surface area (Å²) in [5, 5.41) is 2.50. The molecule has 0 radical (unpaired) electrons. The Balaban J connectivity index is 1.96. The van der Waals surface area contributed by atoms with Crippen LogP contribution in [0.15, 0.2) is 35.7 Å². The van der Waals surface area contributed by atoms with Crippen molar-refractivity contribution in [3.63, 3.8) is 0 Å². The van der Waals surface area contributed by atoms with Crippen LogP contribution < -0.4 is 0 Å². The van der Waals surface area contributed by atoms with E-state index in [1.807, 2.05) is 0 Å². The summed E-state index contributed by atoms with van der Waals surface area (Å²) in [5.41, 5.74) is 3.15. The minimum absolute atomic E-state index is 0.328. The molecule has 0 bridgehead atoms. The van der Waals surface area contributed by atoms with Crippen LogP contribution in [0, 0.1) is 19.7 Å². The van der Waals surface area contributed by atoms with Crippen molar-refractivity contribution < 1.29 is 17.6 Å². The number of hydrogen-bond acceptors (Lipinski definition) is 2. The quantitative estimate of drug-likeness (QED) is 0.560. The lowest BCUT2D eigenvalue weighted by molar-refractivity contribution is -0.141. The van der Waals surface area contributed by atoms with E-state index in [-0.39, 0.29) is 5.82 Å². The number of thiazole rings is 1. The van der Waals surface area contributed by atoms with Gasteiger partial charge in [0.05, 0.1) is 5.69 Å². The van der Waals surface area contributed by atoms with Gasteiger partial charge in [-0.3, -0.25) is 0 Å². The van der Waals surface area contributed by atoms with E-state index in [0.717, 1.165) is 5.56 Å². The summed E-state index contributed by atoms with van der Waals surface area (Å²) in [4.78, 5) is 4.49. The van der Waals surface area contributed by atoms with Gasteiger partial charge in [-0.25, -0.2) is 9.37 Å². The Kier molecular flexibility index (Phi) is 4.21. The molecule has 0 aliphatic heterocycles. The zero-order chi connectivity index (χ0) is 17.5. The topological polar surface area (TPSA) is 17.8 Å². The summed E-state index contributed by atoms with van der Waals surface area (Å²) in [6, 6.07) is 7.68. The first kappa shape index (κ1) is 16.7. The molecule has 0 unspecified atom stereocenters. The van der Waals surface area contributed by atoms with Gasteiger partial charge in [-0.1, -0.05) is 0 Å². The molecule has 7 heteroatoms. The lowest BCUT2D eigenvalue weighted by atomic mass is 10.2. The highest BCUT2D eigenvalue weighted by Gasteiger charge is 2.30. The summed E-state index contributed by atoms with van der Waals surface area (Å²) in [6.07, 6.45) is -4.27. The number of halogens is 4. The Bertz CT molecular complexity index is 860. The minimum atomic E-state index is -4.27. The predicted octanol–water partition coefficient (Wildman–Crippen LogP) is 5.60. The molecule has 2 heterocycles. The average Bonchev–Trinajstić information content (AvgIpc) is 3.07. The molecule has 0 fully saturated rings. The van der Waals surface area contributed by atoms with Crippen LogP contribution in [0.1, 0.15) is 11.4 Å². The van der Waals surface area contributed by atoms with Gasteiger partial charge in [0, 0.05) is 27.9 Å². The third-order valence-electron chi connectivity index (χ3n) is 3.78. The van der Waals surface area contributed by atoms with Crippen molar-refractivity contribution in [3.05, 3.63) is 52.9 Å². The predicted molar refractivity (Wildman–Crippen MR) is 86.5 cm³/mol. The van der Waals surface area contributed by atoms with Gasteiger partial charge < -0.3 is 4.57 Å². The molecule has 0 spiro atoms. The minimum Gasteiger partial charge on any atom is -0.339 e. The number of aryl methyl sites for hydroxylation is 1. The number of alkyl halides is 3. The van der Waals surface area contributed by atoms with E-state index in [9.17, 15) is 17.6 Å². The first-order valence-electron chi connectivity index (χ1n) is 7.20. The lowest BCUT2D eigenvalue weighted by Gasteiger charge is -2.12. The third-order valence-corrected chi connectivity index (χ3v) is 4.67. The van der Waals surface area contributed by atoms with Crippen molar-refractivity contribution in [2.75, 3.05) is 0 Å². The number of hydrogen-bond donors (Lipinski definition) is 0. The molecule has 0 aliphatic carbocycles. The second kappa shape index (κ2) is 6.05. The summed E-state index contributed by atoms with van der Waals surface area (Å²) < 4.78 is 52.4. The zero-order valence-electron chi connectivity index (χ0n) is 13.0. The lowest BCUT2D eigenvalue weighted by Crippen LogP contribution is -2.19. The molecule has 2 nitrogen and oxygen atoms in total. The zero-order valence-corrected chi connectivity index (χ0v) is 13.8. The molecule has 0 amide bonds. The molecule has 3 aromatic rings. The van der Waals surface area contributed by atoms with Crippen LogP contribution in [0.2, 0.25) is 0 Å². The van der Waals surface area contributed by atoms with E-state index in [0.29, 0.717) is 27.7 Å². The highest BCUT2D eigenvalue weighted by molar-refractivity contribution is 7.13. The van der Waals surface area contributed by atoms with Gasteiger partial charge in [0.25, 0.3) is 0 Å². The van der Waals surface area contributed by atoms with Gasteiger partial charge in [0.1, 0.15) is 17.4 Å². The van der Waals surface area contributed by atoms with Crippen molar-refractivity contribution in [1.29, 1.82) is 0 Å². The molecule has 24 heavy (non-hydrogen) atoms. The van der Waals surface area contributed by atoms with Crippen molar-refractivity contribution in [1.82, 2.24) is 9.55 Å². The highest BCUT2D eigenvalue weighted by atomic mass is 32.1. The molecule has 0 atom stereocenters. The maximum absolute atomic E-state index is 13.0. The Morgan fingerprint density at radius 1 is 1.12 bits per heavy atom. The van der Waals surface area contributed by atoms with Crippen LogP contribution >= 0.6 is 11.3 Å². The maximum atomic E-state index is 13.0. The Morgan fingerprint density at radius 2 is 1.79 bits per heavy atom. The maximum Gasteiger partial charge on any atom is 0.406 e. The van der Waals surface area contributed by atoms with Gasteiger partial charge in [0.15, 0.2) is 0 Å². The van der Waals surface area contributed by atoms with Crippen molar-refractivity contribution in [3.8, 4) is 21.8 Å². The second-order valence-electron chi connectivity index (χ2n) is 5.53. The largest absolute Gasteiger partial charge is 0.406 e. The summed E-state index contributed by atoms with van der Waals surface area (Å²) in [6.45, 7) is 2.29. The molecule has 0 saturated heterocycles. The fourth-order valence-electron chi connectivity index (χ4n) is 2.61. The molecule has 3 rings (SSSR count). The fraction of sp³-hybridized carbons (Fsp3) is 0.235. The summed E-state index contributed by atoms with van der Waals surface area (Å²) in [5.74, 6) is -0.328. The van der Waals surface area contributed by atoms with Crippen LogP contribution in [-0.2, 0) is 6.54 Å². The van der Waals surface area contributed by atoms with Gasteiger partial charge in [-0.05, 0) is 44.2 Å². The van der Waals surface area contributed by atoms with Crippen LogP contribution in [0.3, 0.4) is 0 Å². The fourth-order valence-corrected chi connectivity index (χ4v) is 3.43. The Hall–Kier alpha value is -2.15. The van der Waals surface area contributed by atoms with Crippen LogP contribution in [0.25, 0.3) is 21.8 Å². The molecule has 0 saturated carbocycles. The van der Waals surface area contributed by atoms with Crippen molar-refractivity contribution in [2.24, 2.45) is 0 Å². The SMILES string of the molecule is Cc1cc(-c2csc(-c3ccc(F)cc3)n2)c(C)n1CC(F)(F)F. The van der Waals surface area contributed by atoms with E-state index in [2.05, 4.69) is 4.98 Å². The Labute approximate surface area is 140 Å². The third kappa shape index (κ3) is 3.36. The second-order valence-corrected chi connectivity index (χ2v) is 6.39. The van der Waals surface area contributed by atoms with Crippen LogP contribution in [0.5, 0.6) is 0 Å². The van der Waals surface area contributed by atoms with Crippen molar-refractivity contribution >= 4 is 11.3 Å². The molecule has 0 aliphatic rings. The summed E-state index contributed by atoms with van der Waals surface area (Å²) in [7, 11) is 0. The number of rotatable bonds is 3. The van der Waals surface area contributed by atoms with Gasteiger partial charge in [0.2, 0.25) is 0 Å². The standard InChI is InChI=1S/C17H14F4N2S/c1-10-7-14(11(2)23(10)9-17(19,20)21)15-8-24-16(22-15)12-3-5-13(18)6-4-12/h3-8H,9H2,1-2H3. The van der Waals surface area contributed by atoms with Crippen molar-refractivity contribution in [2.45, 2.75) is 26.6 Å². The Morgan fingerprint density at radius 3 is 2.42 bits per heavy atom. The first-order valence-corrected chi connectivity index (χ1v) is 8.08. The average molecular weight is 354 g/mol. The number of aromatic nitrogens is 2. The molecule has 126 valence electrons. The van der Waals surface area contributed by atoms with Gasteiger partial charge >= 0.3 is 6.18 Å². The molecule has 1 aromatic carbocycles. The monoisotopic (exact) mass is 354 g/mol. The molecule has 2 aromatic heterocycles. The number of benzene rings is 1. The van der Waals surface area contributed by atoms with E-state index in [1.165, 1.54) is 28.0 Å². The molecular weight excluding hydrogens is 340 g/mol. The van der Waals surface area contributed by atoms with Crippen LogP contribution in [0.4, 0.5) is 17.6 Å².